The molecule has 0 fully saturated rings. The molecule has 0 saturated heterocycles. The molecule has 0 aliphatic rings. The molecule has 4 atom stereocenters. The maximum absolute atomic E-state index is 13.5. The van der Waals surface area contributed by atoms with Crippen molar-refractivity contribution in [3.8, 4) is 0 Å². The first-order valence-electron chi connectivity index (χ1n) is 7.52. The lowest BCUT2D eigenvalue weighted by atomic mass is 10.0. The van der Waals surface area contributed by atoms with Crippen molar-refractivity contribution in [2.24, 2.45) is 0 Å². The number of hydrogen-bond acceptors (Lipinski definition) is 1. The number of ether oxygens (including phenoxy) is 1. The largest absolute Gasteiger partial charge is 0.422 e. The van der Waals surface area contributed by atoms with Gasteiger partial charge in [-0.3, -0.25) is 0 Å². The summed E-state index contributed by atoms with van der Waals surface area (Å²) >= 11 is 0. The first-order chi connectivity index (χ1) is 10.4. The molecule has 0 radical (unpaired) electrons. The summed E-state index contributed by atoms with van der Waals surface area (Å²) in [5.74, 6) is 0. The zero-order chi connectivity index (χ0) is 18.3. The summed E-state index contributed by atoms with van der Waals surface area (Å²) in [6.45, 7) is 3.25. The summed E-state index contributed by atoms with van der Waals surface area (Å²) in [4.78, 5) is 0. The third-order valence-corrected chi connectivity index (χ3v) is 3.31. The van der Waals surface area contributed by atoms with Crippen LogP contribution < -0.4 is 0 Å². The van der Waals surface area contributed by atoms with Gasteiger partial charge in [0.05, 0.1) is 12.2 Å². The summed E-state index contributed by atoms with van der Waals surface area (Å²) < 4.78 is 107. The van der Waals surface area contributed by atoms with E-state index >= 15 is 0 Å². The molecule has 4 unspecified atom stereocenters. The van der Waals surface area contributed by atoms with Crippen molar-refractivity contribution in [1.29, 1.82) is 0 Å². The van der Waals surface area contributed by atoms with Gasteiger partial charge in [-0.15, -0.1) is 0 Å². The van der Waals surface area contributed by atoms with Crippen LogP contribution in [0.4, 0.5) is 35.1 Å². The van der Waals surface area contributed by atoms with E-state index in [1.807, 2.05) is 0 Å². The topological polar surface area (TPSA) is 9.23 Å². The SMILES string of the molecule is CCCCC(OC(CCCC)C(F)C(F)(F)F)C(F)C(F)(F)F. The molecule has 23 heavy (non-hydrogen) atoms. The van der Waals surface area contributed by atoms with Gasteiger partial charge in [-0.1, -0.05) is 39.5 Å². The van der Waals surface area contributed by atoms with Gasteiger partial charge in [0, 0.05) is 0 Å². The Kier molecular flexibility index (Phi) is 9.39. The molecule has 0 aromatic rings. The van der Waals surface area contributed by atoms with E-state index in [2.05, 4.69) is 4.74 Å². The number of unbranched alkanes of at least 4 members (excludes halogenated alkanes) is 2. The van der Waals surface area contributed by atoms with E-state index in [-0.39, 0.29) is 12.8 Å². The minimum absolute atomic E-state index is 0.130. The number of rotatable bonds is 10. The molecule has 0 aromatic heterocycles. The van der Waals surface area contributed by atoms with Gasteiger partial charge in [0.15, 0.2) is 0 Å². The predicted molar refractivity (Wildman–Crippen MR) is 69.6 cm³/mol. The molecule has 0 N–H and O–H groups in total. The van der Waals surface area contributed by atoms with E-state index in [0.717, 1.165) is 0 Å². The molecule has 1 nitrogen and oxygen atoms in total. The van der Waals surface area contributed by atoms with Crippen molar-refractivity contribution in [2.75, 3.05) is 0 Å². The van der Waals surface area contributed by atoms with Crippen LogP contribution in [0.5, 0.6) is 0 Å². The second kappa shape index (κ2) is 9.64. The first kappa shape index (κ1) is 22.4. The highest BCUT2D eigenvalue weighted by Gasteiger charge is 2.50. The summed E-state index contributed by atoms with van der Waals surface area (Å²) in [5.41, 5.74) is 0. The number of hydrogen-bond donors (Lipinski definition) is 0. The second-order valence-corrected chi connectivity index (χ2v) is 5.38. The molecule has 0 aliphatic carbocycles. The van der Waals surface area contributed by atoms with Gasteiger partial charge in [-0.05, 0) is 12.8 Å². The van der Waals surface area contributed by atoms with Crippen molar-refractivity contribution in [2.45, 2.75) is 89.3 Å². The Labute approximate surface area is 130 Å². The molecule has 140 valence electrons. The minimum Gasteiger partial charge on any atom is -0.368 e. The zero-order valence-corrected chi connectivity index (χ0v) is 13.0. The number of halogens is 8. The van der Waals surface area contributed by atoms with Crippen molar-refractivity contribution < 1.29 is 39.9 Å². The molecule has 9 heteroatoms. The Bertz CT molecular complexity index is 285. The van der Waals surface area contributed by atoms with E-state index in [0.29, 0.717) is 12.8 Å². The molecular weight excluding hydrogens is 336 g/mol. The van der Waals surface area contributed by atoms with Crippen LogP contribution in [-0.4, -0.2) is 36.9 Å². The highest BCUT2D eigenvalue weighted by Crippen LogP contribution is 2.34. The third-order valence-electron chi connectivity index (χ3n) is 3.31. The van der Waals surface area contributed by atoms with Crippen LogP contribution in [0.1, 0.15) is 52.4 Å². The van der Waals surface area contributed by atoms with Gasteiger partial charge >= 0.3 is 12.4 Å². The minimum atomic E-state index is -5.27. The van der Waals surface area contributed by atoms with E-state index < -0.39 is 49.7 Å². The average Bonchev–Trinajstić information content (AvgIpc) is 2.43. The normalized spacial score (nSPS) is 18.5. The Morgan fingerprint density at radius 3 is 1.22 bits per heavy atom. The van der Waals surface area contributed by atoms with E-state index in [1.165, 1.54) is 0 Å². The van der Waals surface area contributed by atoms with E-state index in [1.54, 1.807) is 13.8 Å². The van der Waals surface area contributed by atoms with Crippen molar-refractivity contribution in [1.82, 2.24) is 0 Å². The van der Waals surface area contributed by atoms with Gasteiger partial charge in [0.2, 0.25) is 12.3 Å². The monoisotopic (exact) mass is 358 g/mol. The van der Waals surface area contributed by atoms with Crippen LogP contribution in [0.25, 0.3) is 0 Å². The Hall–Kier alpha value is -0.600. The lowest BCUT2D eigenvalue weighted by molar-refractivity contribution is -0.248. The second-order valence-electron chi connectivity index (χ2n) is 5.38. The molecule has 0 saturated carbocycles. The summed E-state index contributed by atoms with van der Waals surface area (Å²) in [5, 5.41) is 0. The molecule has 0 amide bonds. The standard InChI is InChI=1S/C14H22F8O/c1-3-5-7-9(11(15)13(17,18)19)23-10(8-6-4-2)12(16)14(20,21)22/h9-12H,3-8H2,1-2H3. The fourth-order valence-corrected chi connectivity index (χ4v) is 2.02. The fraction of sp³-hybridized carbons (Fsp3) is 1.00. The molecule has 0 aromatic carbocycles. The average molecular weight is 358 g/mol. The van der Waals surface area contributed by atoms with Crippen LogP contribution >= 0.6 is 0 Å². The van der Waals surface area contributed by atoms with Crippen LogP contribution in [0, 0.1) is 0 Å². The van der Waals surface area contributed by atoms with Gasteiger partial charge in [0.25, 0.3) is 0 Å². The quantitative estimate of drug-likeness (QED) is 0.440. The van der Waals surface area contributed by atoms with Gasteiger partial charge in [0.1, 0.15) is 0 Å². The van der Waals surface area contributed by atoms with E-state index in [4.69, 9.17) is 0 Å². The predicted octanol–water partition coefficient (Wildman–Crippen LogP) is 5.92. The van der Waals surface area contributed by atoms with Crippen molar-refractivity contribution in [3.63, 3.8) is 0 Å². The molecule has 0 spiro atoms. The molecule has 0 bridgehead atoms. The van der Waals surface area contributed by atoms with Crippen molar-refractivity contribution >= 4 is 0 Å². The lowest BCUT2D eigenvalue weighted by Gasteiger charge is -2.30. The maximum Gasteiger partial charge on any atom is 0.422 e. The highest BCUT2D eigenvalue weighted by molar-refractivity contribution is 4.83. The highest BCUT2D eigenvalue weighted by atomic mass is 19.4. The fourth-order valence-electron chi connectivity index (χ4n) is 2.02. The smallest absolute Gasteiger partial charge is 0.368 e. The summed E-state index contributed by atoms with van der Waals surface area (Å²) in [6, 6.07) is 0. The molecule has 0 heterocycles. The Morgan fingerprint density at radius 1 is 0.696 bits per heavy atom. The molecule has 0 rings (SSSR count). The molecular formula is C14H22F8O. The first-order valence-corrected chi connectivity index (χ1v) is 7.52. The van der Waals surface area contributed by atoms with Crippen LogP contribution in [0.15, 0.2) is 0 Å². The summed E-state index contributed by atoms with van der Waals surface area (Å²) in [7, 11) is 0. The Morgan fingerprint density at radius 2 is 1.00 bits per heavy atom. The van der Waals surface area contributed by atoms with Gasteiger partial charge in [-0.2, -0.15) is 26.3 Å². The van der Waals surface area contributed by atoms with Gasteiger partial charge < -0.3 is 4.74 Å². The van der Waals surface area contributed by atoms with Crippen LogP contribution in [0.3, 0.4) is 0 Å². The Balaban J connectivity index is 5.16. The van der Waals surface area contributed by atoms with E-state index in [9.17, 15) is 35.1 Å². The third kappa shape index (κ3) is 8.17. The summed E-state index contributed by atoms with van der Waals surface area (Å²) in [6.07, 6.45) is -21.5. The lowest BCUT2D eigenvalue weighted by Crippen LogP contribution is -2.45. The van der Waals surface area contributed by atoms with Crippen LogP contribution in [-0.2, 0) is 4.74 Å². The van der Waals surface area contributed by atoms with Crippen molar-refractivity contribution in [3.05, 3.63) is 0 Å². The number of alkyl halides is 8. The zero-order valence-electron chi connectivity index (χ0n) is 13.0. The molecule has 0 aliphatic heterocycles. The maximum atomic E-state index is 13.5. The van der Waals surface area contributed by atoms with Gasteiger partial charge in [-0.25, -0.2) is 8.78 Å². The van der Waals surface area contributed by atoms with Crippen LogP contribution in [0.2, 0.25) is 0 Å².